The number of benzene rings is 3. The molecule has 0 heterocycles. The van der Waals surface area contributed by atoms with E-state index in [0.717, 1.165) is 16.9 Å². The van der Waals surface area contributed by atoms with Crippen molar-refractivity contribution in [3.63, 3.8) is 0 Å². The van der Waals surface area contributed by atoms with Crippen LogP contribution in [-0.4, -0.2) is 7.11 Å². The van der Waals surface area contributed by atoms with Gasteiger partial charge in [0.25, 0.3) is 0 Å². The Balaban J connectivity index is 2.12. The molecule has 0 N–H and O–H groups in total. The summed E-state index contributed by atoms with van der Waals surface area (Å²) in [7, 11) is 1.68. The number of hydrogen-bond acceptors (Lipinski definition) is 1. The van der Waals surface area contributed by atoms with Gasteiger partial charge in [-0.25, -0.2) is 0 Å². The molecule has 0 atom stereocenters. The molecule has 0 spiro atoms. The summed E-state index contributed by atoms with van der Waals surface area (Å²) in [5.74, 6) is 0.862. The average molecular weight is 274 g/mol. The van der Waals surface area contributed by atoms with Crippen LogP contribution in [0.15, 0.2) is 67.2 Å². The van der Waals surface area contributed by atoms with Crippen molar-refractivity contribution in [3.8, 4) is 5.75 Å². The standard InChI is InChI=1S/C20H18O/c1-14-12-17-6-4-5-7-19(17)20(13-14)15(2)16-8-10-18(21-3)11-9-16/h4-13H,2H2,1,3H3. The molecule has 0 saturated carbocycles. The lowest BCUT2D eigenvalue weighted by molar-refractivity contribution is 0.415. The van der Waals surface area contributed by atoms with Gasteiger partial charge in [-0.1, -0.05) is 55.1 Å². The first-order valence-electron chi connectivity index (χ1n) is 7.02. The minimum atomic E-state index is 0.862. The van der Waals surface area contributed by atoms with E-state index in [2.05, 4.69) is 62.0 Å². The largest absolute Gasteiger partial charge is 0.497 e. The van der Waals surface area contributed by atoms with Crippen molar-refractivity contribution in [2.45, 2.75) is 6.92 Å². The molecule has 0 aliphatic rings. The topological polar surface area (TPSA) is 9.23 Å². The van der Waals surface area contributed by atoms with E-state index in [-0.39, 0.29) is 0 Å². The van der Waals surface area contributed by atoms with Gasteiger partial charge in [-0.3, -0.25) is 0 Å². The summed E-state index contributed by atoms with van der Waals surface area (Å²) in [6.07, 6.45) is 0. The Kier molecular flexibility index (Phi) is 3.49. The summed E-state index contributed by atoms with van der Waals surface area (Å²) >= 11 is 0. The number of ether oxygens (including phenoxy) is 1. The summed E-state index contributed by atoms with van der Waals surface area (Å²) in [6, 6.07) is 20.9. The fraction of sp³-hybridized carbons (Fsp3) is 0.100. The first-order chi connectivity index (χ1) is 10.2. The van der Waals surface area contributed by atoms with Gasteiger partial charge >= 0.3 is 0 Å². The normalized spacial score (nSPS) is 10.6. The second-order valence-electron chi connectivity index (χ2n) is 5.24. The van der Waals surface area contributed by atoms with Gasteiger partial charge in [0, 0.05) is 0 Å². The molecule has 104 valence electrons. The van der Waals surface area contributed by atoms with Gasteiger partial charge < -0.3 is 4.74 Å². The summed E-state index contributed by atoms with van der Waals surface area (Å²) in [6.45, 7) is 6.42. The highest BCUT2D eigenvalue weighted by Crippen LogP contribution is 2.30. The van der Waals surface area contributed by atoms with E-state index in [9.17, 15) is 0 Å². The third-order valence-corrected chi connectivity index (χ3v) is 3.77. The highest BCUT2D eigenvalue weighted by atomic mass is 16.5. The van der Waals surface area contributed by atoms with Crippen molar-refractivity contribution in [2.24, 2.45) is 0 Å². The van der Waals surface area contributed by atoms with Crippen LogP contribution in [-0.2, 0) is 0 Å². The monoisotopic (exact) mass is 274 g/mol. The first kappa shape index (κ1) is 13.4. The second-order valence-corrected chi connectivity index (χ2v) is 5.24. The Bertz CT molecular complexity index is 798. The molecule has 1 nitrogen and oxygen atoms in total. The van der Waals surface area contributed by atoms with Gasteiger partial charge in [-0.05, 0) is 52.1 Å². The predicted molar refractivity (Wildman–Crippen MR) is 89.8 cm³/mol. The van der Waals surface area contributed by atoms with Gasteiger partial charge in [0.1, 0.15) is 5.75 Å². The molecule has 1 heteroatoms. The number of rotatable bonds is 3. The lowest BCUT2D eigenvalue weighted by Crippen LogP contribution is -1.90. The summed E-state index contributed by atoms with van der Waals surface area (Å²) in [5.41, 5.74) is 4.60. The molecule has 3 rings (SSSR count). The maximum atomic E-state index is 5.21. The van der Waals surface area contributed by atoms with Gasteiger partial charge in [-0.2, -0.15) is 0 Å². The fourth-order valence-corrected chi connectivity index (χ4v) is 2.66. The van der Waals surface area contributed by atoms with Crippen LogP contribution in [0.5, 0.6) is 5.75 Å². The van der Waals surface area contributed by atoms with Gasteiger partial charge in [-0.15, -0.1) is 0 Å². The Hall–Kier alpha value is -2.54. The van der Waals surface area contributed by atoms with E-state index in [4.69, 9.17) is 4.74 Å². The molecule has 0 aliphatic carbocycles. The molecule has 0 aliphatic heterocycles. The number of methoxy groups -OCH3 is 1. The maximum Gasteiger partial charge on any atom is 0.118 e. The number of aryl methyl sites for hydroxylation is 1. The zero-order valence-corrected chi connectivity index (χ0v) is 12.4. The highest BCUT2D eigenvalue weighted by molar-refractivity contribution is 5.97. The quantitative estimate of drug-likeness (QED) is 0.636. The summed E-state index contributed by atoms with van der Waals surface area (Å²) in [4.78, 5) is 0. The van der Waals surface area contributed by atoms with Crippen LogP contribution in [0, 0.1) is 6.92 Å². The highest BCUT2D eigenvalue weighted by Gasteiger charge is 2.08. The van der Waals surface area contributed by atoms with Crippen molar-refractivity contribution in [1.82, 2.24) is 0 Å². The van der Waals surface area contributed by atoms with E-state index in [1.54, 1.807) is 7.11 Å². The van der Waals surface area contributed by atoms with Crippen LogP contribution < -0.4 is 4.74 Å². The fourth-order valence-electron chi connectivity index (χ4n) is 2.66. The molecule has 0 unspecified atom stereocenters. The molecule has 21 heavy (non-hydrogen) atoms. The SMILES string of the molecule is C=C(c1ccc(OC)cc1)c1cc(C)cc2ccccc12. The van der Waals surface area contributed by atoms with Crippen LogP contribution in [0.4, 0.5) is 0 Å². The van der Waals surface area contributed by atoms with Crippen molar-refractivity contribution in [3.05, 3.63) is 83.9 Å². The predicted octanol–water partition coefficient (Wildman–Crippen LogP) is 5.22. The van der Waals surface area contributed by atoms with Crippen molar-refractivity contribution in [2.75, 3.05) is 7.11 Å². The molecule has 0 saturated heterocycles. The zero-order valence-electron chi connectivity index (χ0n) is 12.4. The first-order valence-corrected chi connectivity index (χ1v) is 7.02. The van der Waals surface area contributed by atoms with Crippen LogP contribution in [0.1, 0.15) is 16.7 Å². The minimum absolute atomic E-state index is 0.862. The number of hydrogen-bond donors (Lipinski definition) is 0. The lowest BCUT2D eigenvalue weighted by Gasteiger charge is -2.12. The summed E-state index contributed by atoms with van der Waals surface area (Å²) in [5, 5.41) is 2.49. The van der Waals surface area contributed by atoms with Crippen LogP contribution in [0.3, 0.4) is 0 Å². The molecule has 3 aromatic rings. The van der Waals surface area contributed by atoms with E-state index in [0.29, 0.717) is 0 Å². The van der Waals surface area contributed by atoms with Crippen molar-refractivity contribution < 1.29 is 4.74 Å². The molecular formula is C20H18O. The Morgan fingerprint density at radius 1 is 0.952 bits per heavy atom. The van der Waals surface area contributed by atoms with Crippen molar-refractivity contribution in [1.29, 1.82) is 0 Å². The molecule has 0 radical (unpaired) electrons. The molecule has 0 fully saturated rings. The molecular weight excluding hydrogens is 256 g/mol. The van der Waals surface area contributed by atoms with Crippen LogP contribution >= 0.6 is 0 Å². The van der Waals surface area contributed by atoms with E-state index >= 15 is 0 Å². The zero-order chi connectivity index (χ0) is 14.8. The third-order valence-electron chi connectivity index (χ3n) is 3.77. The lowest BCUT2D eigenvalue weighted by atomic mass is 9.93. The van der Waals surface area contributed by atoms with Gasteiger partial charge in [0.15, 0.2) is 0 Å². The Labute approximate surface area is 125 Å². The minimum Gasteiger partial charge on any atom is -0.497 e. The van der Waals surface area contributed by atoms with E-state index in [1.807, 2.05) is 12.1 Å². The van der Waals surface area contributed by atoms with E-state index < -0.39 is 0 Å². The molecule has 3 aromatic carbocycles. The van der Waals surface area contributed by atoms with Crippen molar-refractivity contribution >= 4 is 16.3 Å². The van der Waals surface area contributed by atoms with Gasteiger partial charge in [0.05, 0.1) is 7.11 Å². The van der Waals surface area contributed by atoms with E-state index in [1.165, 1.54) is 21.9 Å². The third kappa shape index (κ3) is 2.55. The molecule has 0 amide bonds. The Morgan fingerprint density at radius 2 is 1.67 bits per heavy atom. The summed E-state index contributed by atoms with van der Waals surface area (Å²) < 4.78 is 5.21. The number of fused-ring (bicyclic) bond motifs is 1. The average Bonchev–Trinajstić information content (AvgIpc) is 2.53. The maximum absolute atomic E-state index is 5.21. The smallest absolute Gasteiger partial charge is 0.118 e. The molecule has 0 bridgehead atoms. The second kappa shape index (κ2) is 5.45. The van der Waals surface area contributed by atoms with Crippen LogP contribution in [0.25, 0.3) is 16.3 Å². The van der Waals surface area contributed by atoms with Gasteiger partial charge in [0.2, 0.25) is 0 Å². The Morgan fingerprint density at radius 3 is 2.38 bits per heavy atom. The van der Waals surface area contributed by atoms with Crippen LogP contribution in [0.2, 0.25) is 0 Å². The molecule has 0 aromatic heterocycles.